The molecule has 1 N–H and O–H groups in total. The number of carboxylic acids is 1. The zero-order valence-electron chi connectivity index (χ0n) is 15.8. The predicted octanol–water partition coefficient (Wildman–Crippen LogP) is 2.95. The lowest BCUT2D eigenvalue weighted by Crippen LogP contribution is -2.36. The van der Waals surface area contributed by atoms with E-state index < -0.39 is 23.4 Å². The SMILES string of the molecule is CN(CC(=O)O)C1CCCN(Cc2nc(-c3cc(F)c(F)c(F)c3)no2)CC1.Cl. The van der Waals surface area contributed by atoms with E-state index in [-0.39, 0.29) is 42.3 Å². The highest BCUT2D eigenvalue weighted by Crippen LogP contribution is 2.22. The second-order valence-electron chi connectivity index (χ2n) is 6.94. The molecule has 1 fully saturated rings. The first-order chi connectivity index (χ1) is 13.3. The number of carbonyl (C=O) groups is 1. The van der Waals surface area contributed by atoms with Crippen LogP contribution >= 0.6 is 12.4 Å². The van der Waals surface area contributed by atoms with Crippen molar-refractivity contribution in [3.63, 3.8) is 0 Å². The molecule has 1 aromatic carbocycles. The van der Waals surface area contributed by atoms with Crippen molar-refractivity contribution in [2.75, 3.05) is 26.7 Å². The molecule has 1 aliphatic heterocycles. The van der Waals surface area contributed by atoms with E-state index in [9.17, 15) is 18.0 Å². The molecule has 1 aromatic heterocycles. The van der Waals surface area contributed by atoms with E-state index in [0.29, 0.717) is 6.54 Å². The van der Waals surface area contributed by atoms with Gasteiger partial charge in [-0.3, -0.25) is 14.6 Å². The number of aliphatic carboxylic acids is 1. The number of likely N-dealkylation sites (N-methyl/N-ethyl adjacent to an activating group) is 1. The van der Waals surface area contributed by atoms with Crippen molar-refractivity contribution in [1.82, 2.24) is 19.9 Å². The van der Waals surface area contributed by atoms with Crippen molar-refractivity contribution in [1.29, 1.82) is 0 Å². The lowest BCUT2D eigenvalue weighted by molar-refractivity contribution is -0.138. The van der Waals surface area contributed by atoms with Crippen LogP contribution < -0.4 is 0 Å². The molecule has 2 aromatic rings. The fourth-order valence-electron chi connectivity index (χ4n) is 3.39. The molecule has 0 radical (unpaired) electrons. The van der Waals surface area contributed by atoms with E-state index in [1.807, 2.05) is 4.90 Å². The highest BCUT2D eigenvalue weighted by molar-refractivity contribution is 5.85. The molecule has 0 saturated carbocycles. The van der Waals surface area contributed by atoms with E-state index in [0.717, 1.165) is 44.5 Å². The Bertz CT molecular complexity index is 829. The first-order valence-corrected chi connectivity index (χ1v) is 8.95. The van der Waals surface area contributed by atoms with Gasteiger partial charge in [0.25, 0.3) is 0 Å². The Kier molecular flexibility index (Phi) is 8.00. The van der Waals surface area contributed by atoms with Gasteiger partial charge in [0, 0.05) is 18.2 Å². The summed E-state index contributed by atoms with van der Waals surface area (Å²) in [6, 6.07) is 1.83. The lowest BCUT2D eigenvalue weighted by Gasteiger charge is -2.25. The molecule has 11 heteroatoms. The smallest absolute Gasteiger partial charge is 0.317 e. The summed E-state index contributed by atoms with van der Waals surface area (Å²) in [6.45, 7) is 1.89. The number of likely N-dealkylation sites (tertiary alicyclic amines) is 1. The van der Waals surface area contributed by atoms with E-state index in [1.165, 1.54) is 0 Å². The summed E-state index contributed by atoms with van der Waals surface area (Å²) in [6.07, 6.45) is 2.59. The molecule has 7 nitrogen and oxygen atoms in total. The summed E-state index contributed by atoms with van der Waals surface area (Å²) < 4.78 is 45.0. The lowest BCUT2D eigenvalue weighted by atomic mass is 10.1. The summed E-state index contributed by atoms with van der Waals surface area (Å²) in [5.41, 5.74) is -0.00220. The van der Waals surface area contributed by atoms with E-state index in [4.69, 9.17) is 9.63 Å². The first kappa shape index (κ1) is 23.1. The maximum atomic E-state index is 13.4. The molecule has 1 atom stereocenters. The van der Waals surface area contributed by atoms with Gasteiger partial charge in [-0.25, -0.2) is 13.2 Å². The average Bonchev–Trinajstić information content (AvgIpc) is 2.96. The van der Waals surface area contributed by atoms with Crippen LogP contribution in [0.25, 0.3) is 11.4 Å². The van der Waals surface area contributed by atoms with Gasteiger partial charge in [-0.15, -0.1) is 12.4 Å². The van der Waals surface area contributed by atoms with Crippen LogP contribution in [0.4, 0.5) is 13.2 Å². The van der Waals surface area contributed by atoms with Crippen LogP contribution in [-0.2, 0) is 11.3 Å². The molecule has 1 aliphatic rings. The molecular weight excluding hydrogens is 413 g/mol. The van der Waals surface area contributed by atoms with Gasteiger partial charge in [-0.1, -0.05) is 5.16 Å². The number of benzene rings is 1. The van der Waals surface area contributed by atoms with Crippen LogP contribution in [0.2, 0.25) is 0 Å². The molecular formula is C18H22ClF3N4O3. The van der Waals surface area contributed by atoms with Gasteiger partial charge in [0.2, 0.25) is 11.7 Å². The minimum absolute atomic E-state index is 0. The fraction of sp³-hybridized carbons (Fsp3) is 0.500. The van der Waals surface area contributed by atoms with Gasteiger partial charge in [-0.2, -0.15) is 4.98 Å². The third-order valence-electron chi connectivity index (χ3n) is 4.87. The maximum Gasteiger partial charge on any atom is 0.317 e. The van der Waals surface area contributed by atoms with E-state index in [1.54, 1.807) is 7.05 Å². The third-order valence-corrected chi connectivity index (χ3v) is 4.87. The van der Waals surface area contributed by atoms with Crippen LogP contribution in [0, 0.1) is 17.5 Å². The number of rotatable bonds is 6. The van der Waals surface area contributed by atoms with Crippen LogP contribution in [-0.4, -0.2) is 63.7 Å². The van der Waals surface area contributed by atoms with Gasteiger partial charge in [0.15, 0.2) is 17.5 Å². The van der Waals surface area contributed by atoms with Gasteiger partial charge in [0.1, 0.15) is 0 Å². The van der Waals surface area contributed by atoms with Crippen LogP contribution in [0.3, 0.4) is 0 Å². The molecule has 0 spiro atoms. The number of halogens is 4. The zero-order chi connectivity index (χ0) is 20.3. The van der Waals surface area contributed by atoms with Crippen molar-refractivity contribution >= 4 is 18.4 Å². The molecule has 1 saturated heterocycles. The molecule has 0 aliphatic carbocycles. The summed E-state index contributed by atoms with van der Waals surface area (Å²) in [5, 5.41) is 12.7. The molecule has 29 heavy (non-hydrogen) atoms. The van der Waals surface area contributed by atoms with E-state index in [2.05, 4.69) is 15.0 Å². The number of hydrogen-bond acceptors (Lipinski definition) is 6. The van der Waals surface area contributed by atoms with Crippen molar-refractivity contribution < 1.29 is 27.6 Å². The van der Waals surface area contributed by atoms with Crippen LogP contribution in [0.15, 0.2) is 16.7 Å². The van der Waals surface area contributed by atoms with Crippen LogP contribution in [0.1, 0.15) is 25.2 Å². The maximum absolute atomic E-state index is 13.4. The molecule has 3 rings (SSSR count). The Hall–Kier alpha value is -2.17. The number of hydrogen-bond donors (Lipinski definition) is 1. The fourth-order valence-corrected chi connectivity index (χ4v) is 3.39. The highest BCUT2D eigenvalue weighted by Gasteiger charge is 2.23. The molecule has 160 valence electrons. The zero-order valence-corrected chi connectivity index (χ0v) is 16.6. The Balaban J connectivity index is 0.00000300. The summed E-state index contributed by atoms with van der Waals surface area (Å²) in [4.78, 5) is 19.0. The normalized spacial score (nSPS) is 17.8. The number of aromatic nitrogens is 2. The largest absolute Gasteiger partial charge is 0.480 e. The molecule has 2 heterocycles. The summed E-state index contributed by atoms with van der Waals surface area (Å²) in [7, 11) is 1.81. The summed E-state index contributed by atoms with van der Waals surface area (Å²) in [5.74, 6) is -4.75. The standard InChI is InChI=1S/C18H21F3N4O3.ClH/c1-24(10-16(26)27)12-3-2-5-25(6-4-12)9-15-22-18(23-28-15)11-7-13(19)17(21)14(20)8-11;/h7-8,12H,2-6,9-10H2,1H3,(H,26,27);1H. The Morgan fingerprint density at radius 1 is 1.28 bits per heavy atom. The minimum atomic E-state index is -1.54. The Morgan fingerprint density at radius 3 is 2.62 bits per heavy atom. The molecule has 0 bridgehead atoms. The van der Waals surface area contributed by atoms with Crippen LogP contribution in [0.5, 0.6) is 0 Å². The topological polar surface area (TPSA) is 82.7 Å². The second-order valence-corrected chi connectivity index (χ2v) is 6.94. The third kappa shape index (κ3) is 5.91. The van der Waals surface area contributed by atoms with E-state index >= 15 is 0 Å². The quantitative estimate of drug-likeness (QED) is 0.700. The monoisotopic (exact) mass is 434 g/mol. The van der Waals surface area contributed by atoms with Gasteiger partial charge in [0.05, 0.1) is 13.1 Å². The average molecular weight is 435 g/mol. The van der Waals surface area contributed by atoms with Crippen molar-refractivity contribution in [3.8, 4) is 11.4 Å². The van der Waals surface area contributed by atoms with Crippen molar-refractivity contribution in [2.45, 2.75) is 31.8 Å². The van der Waals surface area contributed by atoms with Gasteiger partial charge < -0.3 is 9.63 Å². The Labute approximate surface area is 171 Å². The molecule has 0 amide bonds. The van der Waals surface area contributed by atoms with Crippen molar-refractivity contribution in [2.24, 2.45) is 0 Å². The van der Waals surface area contributed by atoms with Crippen molar-refractivity contribution in [3.05, 3.63) is 35.5 Å². The highest BCUT2D eigenvalue weighted by atomic mass is 35.5. The first-order valence-electron chi connectivity index (χ1n) is 8.95. The Morgan fingerprint density at radius 2 is 1.97 bits per heavy atom. The minimum Gasteiger partial charge on any atom is -0.480 e. The second kappa shape index (κ2) is 10.0. The molecule has 1 unspecified atom stereocenters. The van der Waals surface area contributed by atoms with Gasteiger partial charge >= 0.3 is 5.97 Å². The number of carboxylic acid groups (broad SMARTS) is 1. The predicted molar refractivity (Wildman–Crippen MR) is 100 cm³/mol. The van der Waals surface area contributed by atoms with Gasteiger partial charge in [-0.05, 0) is 45.0 Å². The summed E-state index contributed by atoms with van der Waals surface area (Å²) >= 11 is 0. The number of nitrogens with zero attached hydrogens (tertiary/aromatic N) is 4.